The molecule has 1 aliphatic rings. The van der Waals surface area contributed by atoms with E-state index in [4.69, 9.17) is 0 Å². The van der Waals surface area contributed by atoms with Crippen LogP contribution in [0.3, 0.4) is 0 Å². The van der Waals surface area contributed by atoms with Crippen molar-refractivity contribution in [3.05, 3.63) is 29.6 Å². The molecule has 1 heterocycles. The Morgan fingerprint density at radius 2 is 2.12 bits per heavy atom. The summed E-state index contributed by atoms with van der Waals surface area (Å²) in [5.41, 5.74) is 1.74. The SMILES string of the molecule is Cc1cc(C)nc(NC(=O)CC2C=CCC2)n1. The number of hydrogen-bond acceptors (Lipinski definition) is 3. The molecule has 0 radical (unpaired) electrons. The van der Waals surface area contributed by atoms with Crippen LogP contribution in [0.5, 0.6) is 0 Å². The molecule has 1 atom stereocenters. The van der Waals surface area contributed by atoms with Crippen molar-refractivity contribution in [1.29, 1.82) is 0 Å². The van der Waals surface area contributed by atoms with Gasteiger partial charge in [0.25, 0.3) is 0 Å². The predicted octanol–water partition coefficient (Wildman–Crippen LogP) is 2.39. The standard InChI is InChI=1S/C13H17N3O/c1-9-7-10(2)15-13(14-9)16-12(17)8-11-5-3-4-6-11/h3,5,7,11H,4,6,8H2,1-2H3,(H,14,15,16,17). The van der Waals surface area contributed by atoms with E-state index >= 15 is 0 Å². The third-order valence-electron chi connectivity index (χ3n) is 2.79. The Labute approximate surface area is 101 Å². The van der Waals surface area contributed by atoms with Gasteiger partial charge in [0.2, 0.25) is 11.9 Å². The molecule has 1 aliphatic carbocycles. The van der Waals surface area contributed by atoms with Crippen LogP contribution in [0.1, 0.15) is 30.7 Å². The third kappa shape index (κ3) is 3.37. The lowest BCUT2D eigenvalue weighted by Crippen LogP contribution is -2.17. The van der Waals surface area contributed by atoms with Gasteiger partial charge in [-0.2, -0.15) is 0 Å². The van der Waals surface area contributed by atoms with Gasteiger partial charge >= 0.3 is 0 Å². The molecule has 0 aromatic carbocycles. The molecule has 1 aromatic rings. The molecular formula is C13H17N3O. The van der Waals surface area contributed by atoms with Crippen LogP contribution >= 0.6 is 0 Å². The monoisotopic (exact) mass is 231 g/mol. The van der Waals surface area contributed by atoms with Gasteiger partial charge in [-0.05, 0) is 38.7 Å². The molecule has 1 amide bonds. The summed E-state index contributed by atoms with van der Waals surface area (Å²) in [7, 11) is 0. The fourth-order valence-corrected chi connectivity index (χ4v) is 2.06. The summed E-state index contributed by atoms with van der Waals surface area (Å²) < 4.78 is 0. The number of allylic oxidation sites excluding steroid dienone is 2. The Morgan fingerprint density at radius 3 is 2.71 bits per heavy atom. The Hall–Kier alpha value is -1.71. The zero-order valence-electron chi connectivity index (χ0n) is 10.2. The topological polar surface area (TPSA) is 54.9 Å². The molecule has 0 bridgehead atoms. The summed E-state index contributed by atoms with van der Waals surface area (Å²) in [6.45, 7) is 3.79. The van der Waals surface area contributed by atoms with E-state index in [1.165, 1.54) is 0 Å². The van der Waals surface area contributed by atoms with Gasteiger partial charge in [-0.1, -0.05) is 12.2 Å². The van der Waals surface area contributed by atoms with Crippen LogP contribution in [0.4, 0.5) is 5.95 Å². The maximum Gasteiger partial charge on any atom is 0.229 e. The van der Waals surface area contributed by atoms with Crippen LogP contribution in [0.25, 0.3) is 0 Å². The molecule has 1 unspecified atom stereocenters. The lowest BCUT2D eigenvalue weighted by molar-refractivity contribution is -0.116. The third-order valence-corrected chi connectivity index (χ3v) is 2.79. The van der Waals surface area contributed by atoms with Crippen LogP contribution in [0.15, 0.2) is 18.2 Å². The first-order valence-electron chi connectivity index (χ1n) is 5.92. The molecule has 0 aliphatic heterocycles. The largest absolute Gasteiger partial charge is 0.294 e. The molecule has 2 rings (SSSR count). The van der Waals surface area contributed by atoms with E-state index in [1.807, 2.05) is 19.9 Å². The molecule has 0 saturated carbocycles. The summed E-state index contributed by atoms with van der Waals surface area (Å²) >= 11 is 0. The number of hydrogen-bond donors (Lipinski definition) is 1. The van der Waals surface area contributed by atoms with E-state index in [2.05, 4.69) is 27.4 Å². The van der Waals surface area contributed by atoms with Gasteiger partial charge in [-0.25, -0.2) is 9.97 Å². The molecule has 4 heteroatoms. The van der Waals surface area contributed by atoms with E-state index in [-0.39, 0.29) is 5.91 Å². The molecule has 4 nitrogen and oxygen atoms in total. The van der Waals surface area contributed by atoms with Crippen molar-refractivity contribution in [2.75, 3.05) is 5.32 Å². The van der Waals surface area contributed by atoms with Crippen molar-refractivity contribution in [2.24, 2.45) is 5.92 Å². The van der Waals surface area contributed by atoms with Crippen LogP contribution in [-0.4, -0.2) is 15.9 Å². The fraction of sp³-hybridized carbons (Fsp3) is 0.462. The second-order valence-corrected chi connectivity index (χ2v) is 4.49. The molecule has 90 valence electrons. The van der Waals surface area contributed by atoms with E-state index in [9.17, 15) is 4.79 Å². The normalized spacial score (nSPS) is 18.4. The van der Waals surface area contributed by atoms with Crippen molar-refractivity contribution in [2.45, 2.75) is 33.1 Å². The lowest BCUT2D eigenvalue weighted by atomic mass is 10.1. The molecule has 0 fully saturated rings. The Balaban J connectivity index is 1.95. The van der Waals surface area contributed by atoms with Crippen molar-refractivity contribution >= 4 is 11.9 Å². The van der Waals surface area contributed by atoms with E-state index < -0.39 is 0 Å². The molecule has 1 N–H and O–H groups in total. The lowest BCUT2D eigenvalue weighted by Gasteiger charge is -2.08. The highest BCUT2D eigenvalue weighted by Crippen LogP contribution is 2.20. The summed E-state index contributed by atoms with van der Waals surface area (Å²) in [5, 5.41) is 2.76. The Kier molecular flexibility index (Phi) is 3.52. The number of carbonyl (C=O) groups excluding carboxylic acids is 1. The fourth-order valence-electron chi connectivity index (χ4n) is 2.06. The minimum Gasteiger partial charge on any atom is -0.294 e. The summed E-state index contributed by atoms with van der Waals surface area (Å²) in [6.07, 6.45) is 6.92. The van der Waals surface area contributed by atoms with Gasteiger partial charge in [-0.3, -0.25) is 10.1 Å². The maximum atomic E-state index is 11.8. The smallest absolute Gasteiger partial charge is 0.229 e. The average Bonchev–Trinajstić information content (AvgIpc) is 2.67. The van der Waals surface area contributed by atoms with Crippen molar-refractivity contribution in [1.82, 2.24) is 9.97 Å². The summed E-state index contributed by atoms with van der Waals surface area (Å²) in [4.78, 5) is 20.1. The van der Waals surface area contributed by atoms with Gasteiger partial charge in [-0.15, -0.1) is 0 Å². The highest BCUT2D eigenvalue weighted by atomic mass is 16.1. The molecule has 0 spiro atoms. The number of anilines is 1. The number of carbonyl (C=O) groups is 1. The van der Waals surface area contributed by atoms with Gasteiger partial charge in [0.15, 0.2) is 0 Å². The first kappa shape index (κ1) is 11.8. The van der Waals surface area contributed by atoms with E-state index in [1.54, 1.807) is 0 Å². The Morgan fingerprint density at radius 1 is 1.41 bits per heavy atom. The minimum atomic E-state index is -0.00782. The minimum absolute atomic E-state index is 0.00782. The summed E-state index contributed by atoms with van der Waals surface area (Å²) in [6, 6.07) is 1.88. The van der Waals surface area contributed by atoms with Gasteiger partial charge in [0, 0.05) is 17.8 Å². The van der Waals surface area contributed by atoms with Gasteiger partial charge in [0.05, 0.1) is 0 Å². The van der Waals surface area contributed by atoms with Crippen LogP contribution in [0.2, 0.25) is 0 Å². The van der Waals surface area contributed by atoms with Crippen molar-refractivity contribution < 1.29 is 4.79 Å². The molecule has 1 aromatic heterocycles. The Bertz CT molecular complexity index is 434. The molecule has 17 heavy (non-hydrogen) atoms. The van der Waals surface area contributed by atoms with Crippen LogP contribution in [-0.2, 0) is 4.79 Å². The second-order valence-electron chi connectivity index (χ2n) is 4.49. The first-order valence-corrected chi connectivity index (χ1v) is 5.92. The van der Waals surface area contributed by atoms with Gasteiger partial charge in [0.1, 0.15) is 0 Å². The van der Waals surface area contributed by atoms with Crippen LogP contribution < -0.4 is 5.32 Å². The van der Waals surface area contributed by atoms with E-state index in [0.29, 0.717) is 18.3 Å². The zero-order valence-corrected chi connectivity index (χ0v) is 10.2. The van der Waals surface area contributed by atoms with Crippen molar-refractivity contribution in [3.8, 4) is 0 Å². The second kappa shape index (κ2) is 5.08. The number of nitrogens with zero attached hydrogens (tertiary/aromatic N) is 2. The number of amides is 1. The predicted molar refractivity (Wildman–Crippen MR) is 66.6 cm³/mol. The number of aryl methyl sites for hydroxylation is 2. The maximum absolute atomic E-state index is 11.8. The van der Waals surface area contributed by atoms with Crippen LogP contribution in [0, 0.1) is 19.8 Å². The summed E-state index contributed by atoms with van der Waals surface area (Å²) in [5.74, 6) is 0.780. The quantitative estimate of drug-likeness (QED) is 0.813. The first-order chi connectivity index (χ1) is 8.13. The highest BCUT2D eigenvalue weighted by molar-refractivity contribution is 5.89. The molecular weight excluding hydrogens is 214 g/mol. The van der Waals surface area contributed by atoms with Crippen molar-refractivity contribution in [3.63, 3.8) is 0 Å². The number of rotatable bonds is 3. The average molecular weight is 231 g/mol. The number of aromatic nitrogens is 2. The number of nitrogens with one attached hydrogen (secondary N) is 1. The van der Waals surface area contributed by atoms with Gasteiger partial charge < -0.3 is 0 Å². The highest BCUT2D eigenvalue weighted by Gasteiger charge is 2.14. The zero-order chi connectivity index (χ0) is 12.3. The molecule has 0 saturated heterocycles. The van der Waals surface area contributed by atoms with E-state index in [0.717, 1.165) is 24.2 Å².